The van der Waals surface area contributed by atoms with Crippen LogP contribution in [0, 0.1) is 11.3 Å². The van der Waals surface area contributed by atoms with E-state index in [1.165, 1.54) is 37.1 Å². The van der Waals surface area contributed by atoms with Gasteiger partial charge in [-0.25, -0.2) is 0 Å². The van der Waals surface area contributed by atoms with E-state index >= 15 is 0 Å². The van der Waals surface area contributed by atoms with Crippen LogP contribution in [0.5, 0.6) is 0 Å². The Balaban J connectivity index is 1.66. The van der Waals surface area contributed by atoms with Gasteiger partial charge in [0.05, 0.1) is 35.0 Å². The first-order valence-electron chi connectivity index (χ1n) is 9.76. The fourth-order valence-electron chi connectivity index (χ4n) is 3.42. The fraction of sp³-hybridized carbons (Fsp3) is 0.273. The van der Waals surface area contributed by atoms with Gasteiger partial charge in [0.1, 0.15) is 11.4 Å². The summed E-state index contributed by atoms with van der Waals surface area (Å²) in [6.07, 6.45) is 3.69. The van der Waals surface area contributed by atoms with E-state index in [9.17, 15) is 23.2 Å². The Hall–Kier alpha value is -3.87. The number of halogens is 3. The summed E-state index contributed by atoms with van der Waals surface area (Å²) in [5.41, 5.74) is -0.660. The van der Waals surface area contributed by atoms with Crippen LogP contribution in [0.25, 0.3) is 11.4 Å². The van der Waals surface area contributed by atoms with E-state index in [0.29, 0.717) is 29.9 Å². The molecule has 1 N–H and O–H groups in total. The summed E-state index contributed by atoms with van der Waals surface area (Å²) in [5.74, 6) is -0.714. The van der Waals surface area contributed by atoms with E-state index in [0.717, 1.165) is 12.1 Å². The number of nitrogens with one attached hydrogen (secondary N) is 1. The lowest BCUT2D eigenvalue weighted by Gasteiger charge is -2.18. The number of carbonyl (C=O) groups excluding carboxylic acids is 1. The van der Waals surface area contributed by atoms with Crippen LogP contribution in [0.1, 0.15) is 53.0 Å². The van der Waals surface area contributed by atoms with Crippen LogP contribution in [0.15, 0.2) is 49.2 Å². The van der Waals surface area contributed by atoms with Crippen molar-refractivity contribution in [3.8, 4) is 17.5 Å². The molecule has 1 aliphatic rings. The summed E-state index contributed by atoms with van der Waals surface area (Å²) in [6.45, 7) is 1.65. The first-order chi connectivity index (χ1) is 15.2. The highest BCUT2D eigenvalue weighted by Gasteiger charge is 2.46. The molecule has 2 aromatic heterocycles. The molecular weight excluding hydrogens is 421 g/mol. The lowest BCUT2D eigenvalue weighted by atomic mass is 9.93. The minimum Gasteiger partial charge on any atom is -0.344 e. The number of hydrogen-bond acceptors (Lipinski definition) is 6. The SMILES string of the molecule is CC(NC(=O)c1cc(C(F)(F)F)cc(C2(C#N)CC2)c1)c1nccnc1-c1cnccn1. The van der Waals surface area contributed by atoms with Gasteiger partial charge in [-0.15, -0.1) is 0 Å². The van der Waals surface area contributed by atoms with Crippen molar-refractivity contribution in [1.29, 1.82) is 5.26 Å². The number of nitrogens with zero attached hydrogens (tertiary/aromatic N) is 5. The molecule has 1 fully saturated rings. The molecule has 0 spiro atoms. The molecule has 1 saturated carbocycles. The molecule has 1 unspecified atom stereocenters. The van der Waals surface area contributed by atoms with Crippen molar-refractivity contribution in [1.82, 2.24) is 25.3 Å². The number of aromatic nitrogens is 4. The highest BCUT2D eigenvalue weighted by Crippen LogP contribution is 2.48. The first kappa shape index (κ1) is 21.4. The van der Waals surface area contributed by atoms with Gasteiger partial charge >= 0.3 is 6.18 Å². The maximum atomic E-state index is 13.4. The number of carbonyl (C=O) groups is 1. The van der Waals surface area contributed by atoms with Crippen molar-refractivity contribution in [3.05, 3.63) is 71.6 Å². The number of alkyl halides is 3. The molecule has 4 rings (SSSR count). The van der Waals surface area contributed by atoms with E-state index in [4.69, 9.17) is 0 Å². The molecule has 32 heavy (non-hydrogen) atoms. The summed E-state index contributed by atoms with van der Waals surface area (Å²) in [6, 6.07) is 4.49. The smallest absolute Gasteiger partial charge is 0.344 e. The third-order valence-electron chi connectivity index (χ3n) is 5.33. The van der Waals surface area contributed by atoms with Crippen LogP contribution < -0.4 is 5.32 Å². The Morgan fingerprint density at radius 1 is 1.12 bits per heavy atom. The Bertz CT molecular complexity index is 1200. The van der Waals surface area contributed by atoms with Crippen LogP contribution in [0.4, 0.5) is 13.2 Å². The van der Waals surface area contributed by atoms with Gasteiger partial charge in [-0.05, 0) is 43.5 Å². The zero-order chi connectivity index (χ0) is 22.9. The summed E-state index contributed by atoms with van der Waals surface area (Å²) in [7, 11) is 0. The van der Waals surface area contributed by atoms with Gasteiger partial charge in [-0.2, -0.15) is 18.4 Å². The molecule has 7 nitrogen and oxygen atoms in total. The second-order valence-corrected chi connectivity index (χ2v) is 7.57. The highest BCUT2D eigenvalue weighted by molar-refractivity contribution is 5.95. The van der Waals surface area contributed by atoms with E-state index in [1.807, 2.05) is 0 Å². The zero-order valence-electron chi connectivity index (χ0n) is 16.9. The van der Waals surface area contributed by atoms with Crippen LogP contribution >= 0.6 is 0 Å². The topological polar surface area (TPSA) is 104 Å². The minimum atomic E-state index is -4.65. The number of amides is 1. The van der Waals surface area contributed by atoms with Crippen LogP contribution in [-0.4, -0.2) is 25.8 Å². The van der Waals surface area contributed by atoms with Crippen LogP contribution in [-0.2, 0) is 11.6 Å². The molecule has 1 aliphatic carbocycles. The third-order valence-corrected chi connectivity index (χ3v) is 5.33. The number of nitriles is 1. The van der Waals surface area contributed by atoms with Gasteiger partial charge in [0.15, 0.2) is 0 Å². The molecule has 0 bridgehead atoms. The number of hydrogen-bond donors (Lipinski definition) is 1. The predicted octanol–water partition coefficient (Wildman–Crippen LogP) is 4.00. The molecule has 1 aromatic carbocycles. The second-order valence-electron chi connectivity index (χ2n) is 7.57. The van der Waals surface area contributed by atoms with Gasteiger partial charge in [0.2, 0.25) is 0 Å². The van der Waals surface area contributed by atoms with Crippen molar-refractivity contribution in [2.75, 3.05) is 0 Å². The van der Waals surface area contributed by atoms with Crippen LogP contribution in [0.3, 0.4) is 0 Å². The van der Waals surface area contributed by atoms with Crippen molar-refractivity contribution in [2.24, 2.45) is 0 Å². The van der Waals surface area contributed by atoms with Crippen molar-refractivity contribution >= 4 is 5.91 Å². The lowest BCUT2D eigenvalue weighted by molar-refractivity contribution is -0.137. The summed E-state index contributed by atoms with van der Waals surface area (Å²) >= 11 is 0. The predicted molar refractivity (Wildman–Crippen MR) is 107 cm³/mol. The van der Waals surface area contributed by atoms with Gasteiger partial charge in [0.25, 0.3) is 5.91 Å². The Labute approximate surface area is 181 Å². The Morgan fingerprint density at radius 3 is 2.47 bits per heavy atom. The summed E-state index contributed by atoms with van der Waals surface area (Å²) in [4.78, 5) is 29.6. The molecule has 10 heteroatoms. The maximum Gasteiger partial charge on any atom is 0.416 e. The molecule has 1 amide bonds. The van der Waals surface area contributed by atoms with Crippen molar-refractivity contribution < 1.29 is 18.0 Å². The average molecular weight is 438 g/mol. The van der Waals surface area contributed by atoms with E-state index in [-0.39, 0.29) is 11.1 Å². The second kappa shape index (κ2) is 8.00. The van der Waals surface area contributed by atoms with E-state index in [1.54, 1.807) is 6.92 Å². The van der Waals surface area contributed by atoms with Gasteiger partial charge < -0.3 is 5.32 Å². The monoisotopic (exact) mass is 438 g/mol. The zero-order valence-corrected chi connectivity index (χ0v) is 16.9. The molecule has 1 atom stereocenters. The standard InChI is InChI=1S/C22H17F3N6O/c1-13(18-19(30-7-6-29-18)17-11-27-4-5-28-17)31-20(32)14-8-15(21(12-26)2-3-21)10-16(9-14)22(23,24)25/h4-11,13H,2-3H2,1H3,(H,31,32). The molecule has 3 aromatic rings. The maximum absolute atomic E-state index is 13.4. The van der Waals surface area contributed by atoms with Crippen molar-refractivity contribution in [2.45, 2.75) is 37.4 Å². The quantitative estimate of drug-likeness (QED) is 0.646. The fourth-order valence-corrected chi connectivity index (χ4v) is 3.42. The van der Waals surface area contributed by atoms with E-state index in [2.05, 4.69) is 31.3 Å². The van der Waals surface area contributed by atoms with Gasteiger partial charge in [-0.1, -0.05) is 0 Å². The van der Waals surface area contributed by atoms with Gasteiger partial charge in [-0.3, -0.25) is 24.7 Å². The molecule has 2 heterocycles. The number of rotatable bonds is 5. The summed E-state index contributed by atoms with van der Waals surface area (Å²) < 4.78 is 40.3. The molecule has 0 radical (unpaired) electrons. The van der Waals surface area contributed by atoms with Crippen LogP contribution in [0.2, 0.25) is 0 Å². The normalized spacial score (nSPS) is 15.5. The molecule has 162 valence electrons. The Kier molecular flexibility index (Phi) is 5.34. The van der Waals surface area contributed by atoms with Crippen molar-refractivity contribution in [3.63, 3.8) is 0 Å². The molecule has 0 aliphatic heterocycles. The largest absolute Gasteiger partial charge is 0.416 e. The number of benzene rings is 1. The third kappa shape index (κ3) is 4.14. The van der Waals surface area contributed by atoms with Gasteiger partial charge in [0, 0.05) is 30.4 Å². The minimum absolute atomic E-state index is 0.173. The first-order valence-corrected chi connectivity index (χ1v) is 9.76. The lowest BCUT2D eigenvalue weighted by Crippen LogP contribution is -2.28. The molecular formula is C22H17F3N6O. The van der Waals surface area contributed by atoms with E-state index < -0.39 is 29.1 Å². The highest BCUT2D eigenvalue weighted by atomic mass is 19.4. The Morgan fingerprint density at radius 2 is 1.84 bits per heavy atom. The summed E-state index contributed by atoms with van der Waals surface area (Å²) in [5, 5.41) is 12.1. The molecule has 0 saturated heterocycles. The average Bonchev–Trinajstić information content (AvgIpc) is 3.60.